The molecule has 2 aromatic rings. The second-order valence-corrected chi connectivity index (χ2v) is 3.26. The van der Waals surface area contributed by atoms with Crippen molar-refractivity contribution in [3.63, 3.8) is 0 Å². The first kappa shape index (κ1) is 17.3. The molecular weight excluding hydrogens is 314 g/mol. The molecule has 0 heterocycles. The average molecular weight is 323 g/mol. The van der Waals surface area contributed by atoms with Crippen LogP contribution in [0.25, 0.3) is 0 Å². The van der Waals surface area contributed by atoms with Crippen molar-refractivity contribution in [3.05, 3.63) is 65.7 Å². The monoisotopic (exact) mass is 322 g/mol. The van der Waals surface area contributed by atoms with Gasteiger partial charge in [-0.05, 0) is 17.7 Å². The van der Waals surface area contributed by atoms with Gasteiger partial charge in [-0.2, -0.15) is 18.2 Å². The molecule has 0 aliphatic carbocycles. The third-order valence-electron chi connectivity index (χ3n) is 2.06. The van der Waals surface area contributed by atoms with E-state index in [0.717, 1.165) is 12.1 Å². The molecule has 0 amide bonds. The third kappa shape index (κ3) is 4.92. The molecule has 0 fully saturated rings. The van der Waals surface area contributed by atoms with Crippen LogP contribution in [0.2, 0.25) is 0 Å². The molecule has 0 N–H and O–H groups in total. The standard InChI is InChI=1S/C13H9F2O.BrH.Mg/c14-12-7-6-10(8-13(12)15)9-16-11-4-2-1-3-5-11;;/h1-4,6-8H,9H2;1H;/q-1;;+2/p-1. The summed E-state index contributed by atoms with van der Waals surface area (Å²) in [6, 6.07) is 13.7. The van der Waals surface area contributed by atoms with E-state index in [0.29, 0.717) is 11.3 Å². The average Bonchev–Trinajstić information content (AvgIpc) is 2.32. The van der Waals surface area contributed by atoms with Gasteiger partial charge in [-0.25, -0.2) is 8.78 Å². The summed E-state index contributed by atoms with van der Waals surface area (Å²) in [6.45, 7) is 0.192. The molecule has 0 saturated heterocycles. The van der Waals surface area contributed by atoms with Crippen molar-refractivity contribution in [2.45, 2.75) is 6.61 Å². The van der Waals surface area contributed by atoms with Crippen molar-refractivity contribution >= 4 is 23.1 Å². The minimum atomic E-state index is -0.863. The normalized spacial score (nSPS) is 9.00. The molecule has 2 rings (SSSR count). The summed E-state index contributed by atoms with van der Waals surface area (Å²) in [5.41, 5.74) is 0.580. The van der Waals surface area contributed by atoms with Crippen LogP contribution in [0.3, 0.4) is 0 Å². The van der Waals surface area contributed by atoms with Crippen molar-refractivity contribution < 1.29 is 30.5 Å². The predicted octanol–water partition coefficient (Wildman–Crippen LogP) is -0.0328. The van der Waals surface area contributed by atoms with Gasteiger partial charge in [-0.1, -0.05) is 6.07 Å². The Kier molecular flexibility index (Phi) is 8.14. The molecule has 0 radical (unpaired) electrons. The van der Waals surface area contributed by atoms with Crippen LogP contribution in [0, 0.1) is 17.7 Å². The summed E-state index contributed by atoms with van der Waals surface area (Å²) in [7, 11) is 0. The smallest absolute Gasteiger partial charge is 1.00 e. The van der Waals surface area contributed by atoms with Crippen molar-refractivity contribution in [3.8, 4) is 5.75 Å². The van der Waals surface area contributed by atoms with E-state index in [1.54, 1.807) is 12.1 Å². The van der Waals surface area contributed by atoms with Gasteiger partial charge in [-0.3, -0.25) is 0 Å². The molecule has 0 saturated carbocycles. The Labute approximate surface area is 131 Å². The Morgan fingerprint density at radius 1 is 1.06 bits per heavy atom. The van der Waals surface area contributed by atoms with Gasteiger partial charge in [0.1, 0.15) is 6.61 Å². The molecule has 0 aromatic heterocycles. The third-order valence-corrected chi connectivity index (χ3v) is 2.06. The molecule has 1 nitrogen and oxygen atoms in total. The van der Waals surface area contributed by atoms with Crippen molar-refractivity contribution in [1.29, 1.82) is 0 Å². The van der Waals surface area contributed by atoms with E-state index in [1.807, 2.05) is 12.1 Å². The van der Waals surface area contributed by atoms with Crippen LogP contribution in [-0.2, 0) is 6.61 Å². The summed E-state index contributed by atoms with van der Waals surface area (Å²) in [4.78, 5) is 0. The second kappa shape index (κ2) is 8.45. The molecule has 5 heteroatoms. The first-order valence-corrected chi connectivity index (χ1v) is 4.79. The minimum Gasteiger partial charge on any atom is -1.00 e. The number of hydrogen-bond acceptors (Lipinski definition) is 1. The number of hydrogen-bond donors (Lipinski definition) is 0. The zero-order valence-corrected chi connectivity index (χ0v) is 12.5. The van der Waals surface area contributed by atoms with Gasteiger partial charge in [0.25, 0.3) is 0 Å². The summed E-state index contributed by atoms with van der Waals surface area (Å²) in [6.07, 6.45) is 0. The molecule has 18 heavy (non-hydrogen) atoms. The van der Waals surface area contributed by atoms with Crippen LogP contribution in [0.1, 0.15) is 5.56 Å². The quantitative estimate of drug-likeness (QED) is 0.569. The first-order chi connectivity index (χ1) is 7.75. The van der Waals surface area contributed by atoms with Crippen molar-refractivity contribution in [1.82, 2.24) is 0 Å². The van der Waals surface area contributed by atoms with Crippen LogP contribution < -0.4 is 21.7 Å². The Morgan fingerprint density at radius 2 is 1.83 bits per heavy atom. The van der Waals surface area contributed by atoms with Crippen LogP contribution in [0.15, 0.2) is 42.5 Å². The fourth-order valence-electron chi connectivity index (χ4n) is 1.26. The van der Waals surface area contributed by atoms with Gasteiger partial charge in [0.05, 0.1) is 0 Å². The number of rotatable bonds is 3. The van der Waals surface area contributed by atoms with Crippen molar-refractivity contribution in [2.75, 3.05) is 0 Å². The predicted molar refractivity (Wildman–Crippen MR) is 61.7 cm³/mol. The largest absolute Gasteiger partial charge is 2.00 e. The summed E-state index contributed by atoms with van der Waals surface area (Å²) in [5.74, 6) is -1.14. The zero-order chi connectivity index (χ0) is 11.4. The van der Waals surface area contributed by atoms with Crippen LogP contribution >= 0.6 is 0 Å². The number of ether oxygens (including phenoxy) is 1. The summed E-state index contributed by atoms with van der Waals surface area (Å²) < 4.78 is 30.8. The number of halogens is 3. The zero-order valence-electron chi connectivity index (χ0n) is 9.50. The molecular formula is C13H9BrF2MgO. The van der Waals surface area contributed by atoms with E-state index in [-0.39, 0.29) is 46.6 Å². The molecule has 0 aliphatic heterocycles. The fourth-order valence-corrected chi connectivity index (χ4v) is 1.26. The van der Waals surface area contributed by atoms with E-state index in [4.69, 9.17) is 4.74 Å². The second-order valence-electron chi connectivity index (χ2n) is 3.26. The molecule has 0 unspecified atom stereocenters. The van der Waals surface area contributed by atoms with Crippen LogP contribution in [0.4, 0.5) is 8.78 Å². The maximum absolute atomic E-state index is 12.9. The molecule has 0 atom stereocenters. The SMILES string of the molecule is Fc1ccc(COc2[c-]cccc2)cc1F.[Br-].[Mg+2]. The Bertz CT molecular complexity index is 480. The van der Waals surface area contributed by atoms with Gasteiger partial charge in [0.2, 0.25) is 0 Å². The fraction of sp³-hybridized carbons (Fsp3) is 0.0769. The maximum Gasteiger partial charge on any atom is 2.00 e. The van der Waals surface area contributed by atoms with E-state index in [2.05, 4.69) is 6.07 Å². The first-order valence-electron chi connectivity index (χ1n) is 4.79. The van der Waals surface area contributed by atoms with Crippen molar-refractivity contribution in [2.24, 2.45) is 0 Å². The Morgan fingerprint density at radius 3 is 2.44 bits per heavy atom. The summed E-state index contributed by atoms with van der Waals surface area (Å²) in [5, 5.41) is 0. The molecule has 0 bridgehead atoms. The molecule has 2 aromatic carbocycles. The number of benzene rings is 2. The Balaban J connectivity index is 0.00000144. The van der Waals surface area contributed by atoms with Gasteiger partial charge in [0.15, 0.2) is 11.6 Å². The van der Waals surface area contributed by atoms with Crippen LogP contribution in [0.5, 0.6) is 5.75 Å². The van der Waals surface area contributed by atoms with Gasteiger partial charge >= 0.3 is 23.1 Å². The van der Waals surface area contributed by atoms with Gasteiger partial charge in [0, 0.05) is 5.75 Å². The molecule has 0 spiro atoms. The number of para-hydroxylation sites is 1. The molecule has 0 aliphatic rings. The van der Waals surface area contributed by atoms with Gasteiger partial charge < -0.3 is 21.7 Å². The van der Waals surface area contributed by atoms with E-state index < -0.39 is 11.6 Å². The molecule has 90 valence electrons. The maximum atomic E-state index is 12.9. The van der Waals surface area contributed by atoms with E-state index in [1.165, 1.54) is 6.07 Å². The summed E-state index contributed by atoms with van der Waals surface area (Å²) >= 11 is 0. The van der Waals surface area contributed by atoms with Gasteiger partial charge in [-0.15, -0.1) is 12.1 Å². The van der Waals surface area contributed by atoms with E-state index in [9.17, 15) is 8.78 Å². The topological polar surface area (TPSA) is 9.23 Å². The van der Waals surface area contributed by atoms with Crippen LogP contribution in [-0.4, -0.2) is 23.1 Å². The Hall–Kier alpha value is -0.654. The minimum absolute atomic E-state index is 0. The van der Waals surface area contributed by atoms with E-state index >= 15 is 0 Å².